The van der Waals surface area contributed by atoms with Crippen LogP contribution >= 0.6 is 11.3 Å². The summed E-state index contributed by atoms with van der Waals surface area (Å²) in [6.07, 6.45) is 3.34. The maximum absolute atomic E-state index is 14.2. The highest BCUT2D eigenvalue weighted by molar-refractivity contribution is 7.92. The lowest BCUT2D eigenvalue weighted by molar-refractivity contribution is 0.122. The topological polar surface area (TPSA) is 122 Å². The molecule has 42 heavy (non-hydrogen) atoms. The largest absolute Gasteiger partial charge is 0.378 e. The fourth-order valence-corrected chi connectivity index (χ4v) is 6.39. The van der Waals surface area contributed by atoms with Crippen LogP contribution in [-0.2, 0) is 14.8 Å². The zero-order chi connectivity index (χ0) is 29.1. The number of nitrogens with one attached hydrogen (secondary N) is 2. The second kappa shape index (κ2) is 11.8. The minimum absolute atomic E-state index is 0.118. The Morgan fingerprint density at radius 2 is 1.69 bits per heavy atom. The molecule has 2 aromatic carbocycles. The molecule has 1 saturated heterocycles. The van der Waals surface area contributed by atoms with E-state index in [1.54, 1.807) is 36.1 Å². The van der Waals surface area contributed by atoms with Crippen molar-refractivity contribution in [1.29, 1.82) is 0 Å². The maximum Gasteiger partial charge on any atom is 0.267 e. The van der Waals surface area contributed by atoms with Crippen LogP contribution < -0.4 is 14.9 Å². The number of benzene rings is 2. The molecule has 14 heteroatoms. The third-order valence-electron chi connectivity index (χ3n) is 6.37. The summed E-state index contributed by atoms with van der Waals surface area (Å²) in [5, 5.41) is 3.17. The Bertz CT molecular complexity index is 1810. The molecule has 1 aliphatic heterocycles. The molecule has 1 aliphatic rings. The van der Waals surface area contributed by atoms with Gasteiger partial charge in [0.15, 0.2) is 4.90 Å². The summed E-state index contributed by atoms with van der Waals surface area (Å²) < 4.78 is 61.5. The fraction of sp³-hybridized carbons (Fsp3) is 0.143. The summed E-state index contributed by atoms with van der Waals surface area (Å²) in [4.78, 5) is 19.8. The van der Waals surface area contributed by atoms with Crippen molar-refractivity contribution in [1.82, 2.24) is 19.9 Å². The molecule has 0 saturated carbocycles. The van der Waals surface area contributed by atoms with Crippen LogP contribution in [0.2, 0.25) is 0 Å². The molecule has 0 bridgehead atoms. The van der Waals surface area contributed by atoms with Crippen LogP contribution in [0.25, 0.3) is 21.8 Å². The third kappa shape index (κ3) is 5.91. The zero-order valence-electron chi connectivity index (χ0n) is 21.9. The lowest BCUT2D eigenvalue weighted by Gasteiger charge is -2.27. The Hall–Kier alpha value is -4.53. The second-order valence-corrected chi connectivity index (χ2v) is 11.6. The molecular formula is C28H23F2N7O3S2. The minimum atomic E-state index is -4.53. The number of pyridine rings is 1. The van der Waals surface area contributed by atoms with Crippen LogP contribution in [-0.4, -0.2) is 54.7 Å². The van der Waals surface area contributed by atoms with E-state index in [2.05, 4.69) is 34.9 Å². The number of sulfonamides is 1. The van der Waals surface area contributed by atoms with Gasteiger partial charge in [0.05, 0.1) is 46.9 Å². The fourth-order valence-electron chi connectivity index (χ4n) is 4.42. The van der Waals surface area contributed by atoms with Crippen molar-refractivity contribution in [3.05, 3.63) is 90.2 Å². The van der Waals surface area contributed by atoms with E-state index in [-0.39, 0.29) is 5.69 Å². The van der Waals surface area contributed by atoms with Gasteiger partial charge in [-0.2, -0.15) is 0 Å². The second-order valence-electron chi connectivity index (χ2n) is 9.16. The Labute approximate surface area is 244 Å². The summed E-state index contributed by atoms with van der Waals surface area (Å²) in [5.41, 5.74) is 4.23. The van der Waals surface area contributed by atoms with Crippen molar-refractivity contribution in [2.75, 3.05) is 41.2 Å². The van der Waals surface area contributed by atoms with Crippen LogP contribution in [0.5, 0.6) is 0 Å². The van der Waals surface area contributed by atoms with E-state index >= 15 is 0 Å². The number of thiazole rings is 1. The summed E-state index contributed by atoms with van der Waals surface area (Å²) >= 11 is 1.35. The summed E-state index contributed by atoms with van der Waals surface area (Å²) in [5.74, 6) is -1.13. The monoisotopic (exact) mass is 607 g/mol. The normalized spacial score (nSPS) is 13.6. The van der Waals surface area contributed by atoms with E-state index in [1.165, 1.54) is 23.5 Å². The highest BCUT2D eigenvalue weighted by atomic mass is 32.2. The van der Waals surface area contributed by atoms with Crippen molar-refractivity contribution in [2.45, 2.75) is 4.90 Å². The first kappa shape index (κ1) is 27.6. The highest BCUT2D eigenvalue weighted by Gasteiger charge is 2.24. The van der Waals surface area contributed by atoms with E-state index in [4.69, 9.17) is 4.74 Å². The Morgan fingerprint density at radius 3 is 2.45 bits per heavy atom. The zero-order valence-corrected chi connectivity index (χ0v) is 23.5. The Kier molecular flexibility index (Phi) is 7.73. The SMILES string of the molecule is O=S(=O)(Nc1cccc(-c2ncsc2-c2ccnc(Nc3ccc(N4CCOCC4)nc3)n2)c1)c1c(F)cccc1F. The molecular weight excluding hydrogens is 584 g/mol. The highest BCUT2D eigenvalue weighted by Crippen LogP contribution is 2.35. The van der Waals surface area contributed by atoms with E-state index < -0.39 is 26.6 Å². The number of ether oxygens (including phenoxy) is 1. The predicted octanol–water partition coefficient (Wildman–Crippen LogP) is 5.32. The first-order valence-electron chi connectivity index (χ1n) is 12.8. The van der Waals surface area contributed by atoms with Gasteiger partial charge in [-0.3, -0.25) is 4.72 Å². The van der Waals surface area contributed by atoms with E-state index in [0.717, 1.165) is 47.7 Å². The number of hydrogen-bond donors (Lipinski definition) is 2. The van der Waals surface area contributed by atoms with Gasteiger partial charge in [-0.25, -0.2) is 37.1 Å². The molecule has 214 valence electrons. The van der Waals surface area contributed by atoms with Crippen LogP contribution in [0.15, 0.2) is 83.5 Å². The molecule has 0 amide bonds. The standard InChI is InChI=1S/C28H23F2N7O3S2/c29-21-5-2-6-22(30)27(21)42(38,39)36-19-4-1-3-18(15-19)25-26(41-17-33-25)23-9-10-31-28(35-23)34-20-7-8-24(32-16-20)37-11-13-40-14-12-37/h1-10,15-17,36H,11-14H2,(H,31,34,35). The molecule has 0 spiro atoms. The first-order valence-corrected chi connectivity index (χ1v) is 15.1. The van der Waals surface area contributed by atoms with Gasteiger partial charge in [0.1, 0.15) is 17.5 Å². The van der Waals surface area contributed by atoms with Crippen molar-refractivity contribution in [3.8, 4) is 21.8 Å². The number of halogens is 2. The van der Waals surface area contributed by atoms with Gasteiger partial charge in [-0.1, -0.05) is 18.2 Å². The van der Waals surface area contributed by atoms with E-state index in [0.29, 0.717) is 36.1 Å². The van der Waals surface area contributed by atoms with E-state index in [1.807, 2.05) is 12.1 Å². The number of hydrogen-bond acceptors (Lipinski definition) is 10. The van der Waals surface area contributed by atoms with Crippen LogP contribution in [0, 0.1) is 11.6 Å². The molecule has 0 unspecified atom stereocenters. The smallest absolute Gasteiger partial charge is 0.267 e. The Balaban J connectivity index is 1.22. The molecule has 0 atom stereocenters. The molecule has 10 nitrogen and oxygen atoms in total. The average Bonchev–Trinajstić information content (AvgIpc) is 3.48. The van der Waals surface area contributed by atoms with Gasteiger partial charge in [0.25, 0.3) is 10.0 Å². The molecule has 2 N–H and O–H groups in total. The number of rotatable bonds is 8. The maximum atomic E-state index is 14.2. The van der Waals surface area contributed by atoms with Crippen LogP contribution in [0.4, 0.5) is 31.9 Å². The van der Waals surface area contributed by atoms with Crippen molar-refractivity contribution < 1.29 is 21.9 Å². The van der Waals surface area contributed by atoms with E-state index in [9.17, 15) is 17.2 Å². The van der Waals surface area contributed by atoms with Crippen molar-refractivity contribution in [3.63, 3.8) is 0 Å². The van der Waals surface area contributed by atoms with Gasteiger partial charge >= 0.3 is 0 Å². The molecule has 3 aromatic heterocycles. The lowest BCUT2D eigenvalue weighted by atomic mass is 10.1. The third-order valence-corrected chi connectivity index (χ3v) is 8.65. The van der Waals surface area contributed by atoms with Crippen molar-refractivity contribution in [2.24, 2.45) is 0 Å². The minimum Gasteiger partial charge on any atom is -0.378 e. The first-order chi connectivity index (χ1) is 20.4. The van der Waals surface area contributed by atoms with Gasteiger partial charge in [-0.05, 0) is 42.5 Å². The van der Waals surface area contributed by atoms with Gasteiger partial charge < -0.3 is 15.0 Å². The Morgan fingerprint density at radius 1 is 0.905 bits per heavy atom. The van der Waals surface area contributed by atoms with Gasteiger partial charge in [0.2, 0.25) is 5.95 Å². The average molecular weight is 608 g/mol. The number of anilines is 4. The predicted molar refractivity (Wildman–Crippen MR) is 156 cm³/mol. The number of aromatic nitrogens is 4. The molecule has 5 aromatic rings. The molecule has 0 radical (unpaired) electrons. The summed E-state index contributed by atoms with van der Waals surface area (Å²) in [7, 11) is -4.53. The number of nitrogens with zero attached hydrogens (tertiary/aromatic N) is 5. The number of morpholine rings is 1. The van der Waals surface area contributed by atoms with Crippen molar-refractivity contribution >= 4 is 44.5 Å². The summed E-state index contributed by atoms with van der Waals surface area (Å²) in [6.45, 7) is 2.94. The molecule has 6 rings (SSSR count). The lowest BCUT2D eigenvalue weighted by Crippen LogP contribution is -2.36. The molecule has 0 aliphatic carbocycles. The van der Waals surface area contributed by atoms with Gasteiger partial charge in [-0.15, -0.1) is 11.3 Å². The molecule has 1 fully saturated rings. The molecule has 4 heterocycles. The van der Waals surface area contributed by atoms with Gasteiger partial charge in [0, 0.05) is 30.5 Å². The summed E-state index contributed by atoms with van der Waals surface area (Å²) in [6, 6.07) is 14.8. The quantitative estimate of drug-likeness (QED) is 0.241. The van der Waals surface area contributed by atoms with Crippen LogP contribution in [0.3, 0.4) is 0 Å². The van der Waals surface area contributed by atoms with Crippen LogP contribution in [0.1, 0.15) is 0 Å².